The summed E-state index contributed by atoms with van der Waals surface area (Å²) in [6.07, 6.45) is -0.436. The van der Waals surface area contributed by atoms with Crippen LogP contribution in [0, 0.1) is 0 Å². The van der Waals surface area contributed by atoms with Crippen molar-refractivity contribution in [1.29, 1.82) is 0 Å². The van der Waals surface area contributed by atoms with E-state index in [-0.39, 0.29) is 16.7 Å². The van der Waals surface area contributed by atoms with Crippen molar-refractivity contribution < 1.29 is 74.2 Å². The summed E-state index contributed by atoms with van der Waals surface area (Å²) in [6, 6.07) is 11.0. The Labute approximate surface area is 277 Å². The molecule has 15 heteroatoms. The van der Waals surface area contributed by atoms with Gasteiger partial charge in [0.05, 0.1) is 0 Å². The highest BCUT2D eigenvalue weighted by Gasteiger charge is 2.54. The molecule has 15 nitrogen and oxygen atoms in total. The fourth-order valence-corrected chi connectivity index (χ4v) is 4.74. The van der Waals surface area contributed by atoms with Gasteiger partial charge >= 0.3 is 23.9 Å². The van der Waals surface area contributed by atoms with Gasteiger partial charge in [-0.25, -0.2) is 19.2 Å². The molecule has 0 spiro atoms. The van der Waals surface area contributed by atoms with E-state index >= 15 is 0 Å². The van der Waals surface area contributed by atoms with Crippen LogP contribution in [0.4, 0.5) is 0 Å². The van der Waals surface area contributed by atoms with E-state index in [9.17, 15) is 60.0 Å². The average Bonchev–Trinajstić information content (AvgIpc) is 3.04. The van der Waals surface area contributed by atoms with E-state index in [0.29, 0.717) is 0 Å². The molecule has 0 unspecified atom stereocenters. The Hall–Kier alpha value is -6.48. The fourth-order valence-electron chi connectivity index (χ4n) is 4.74. The van der Waals surface area contributed by atoms with Gasteiger partial charge in [-0.05, 0) is 71.3 Å². The Bertz CT molecular complexity index is 1760. The van der Waals surface area contributed by atoms with Crippen molar-refractivity contribution in [2.75, 3.05) is 0 Å². The molecule has 1 aliphatic rings. The maximum absolute atomic E-state index is 12.9. The number of aliphatic hydroxyl groups is 1. The van der Waals surface area contributed by atoms with Crippen LogP contribution >= 0.6 is 0 Å². The molecular weight excluding hydrogens is 648 g/mol. The molecule has 0 amide bonds. The van der Waals surface area contributed by atoms with Crippen LogP contribution < -0.4 is 0 Å². The maximum atomic E-state index is 12.9. The van der Waals surface area contributed by atoms with E-state index in [1.807, 2.05) is 0 Å². The summed E-state index contributed by atoms with van der Waals surface area (Å²) in [7, 11) is 0. The third-order valence-electron chi connectivity index (χ3n) is 7.23. The lowest BCUT2D eigenvalue weighted by Gasteiger charge is -2.41. The number of aliphatic carboxylic acids is 1. The summed E-state index contributed by atoms with van der Waals surface area (Å²) in [5.74, 6) is -7.71. The molecule has 3 aromatic carbocycles. The van der Waals surface area contributed by atoms with Gasteiger partial charge in [-0.2, -0.15) is 0 Å². The van der Waals surface area contributed by atoms with Crippen LogP contribution in [0.3, 0.4) is 0 Å². The number of esters is 3. The first kappa shape index (κ1) is 35.4. The summed E-state index contributed by atoms with van der Waals surface area (Å²) in [5, 5.41) is 78.4. The zero-order valence-electron chi connectivity index (χ0n) is 25.2. The molecule has 4 rings (SSSR count). The minimum absolute atomic E-state index is 0.256. The van der Waals surface area contributed by atoms with Crippen LogP contribution in [-0.2, 0) is 33.4 Å². The largest absolute Gasteiger partial charge is 0.504 e. The standard InChI is InChI=1S/C34H30O15/c35-21-7-1-18(13-24(21)38)4-10-29(41)47-27-16-34(46,33(44)45)17-28(48-30(42)11-5-19-2-8-22(36)25(39)14-19)32(27)49-31(43)12-6-20-3-9-23(37)26(40)15-20/h1-15,27-28,32,35-40,46H,16-17H2,(H,44,45)/b10-4+,11-5+,12-6-/t27-,28-,32?,34?/m1/s1. The first-order valence-corrected chi connectivity index (χ1v) is 14.3. The Balaban J connectivity index is 1.62. The molecule has 0 bridgehead atoms. The number of carboxylic acids is 1. The van der Waals surface area contributed by atoms with Gasteiger partial charge in [-0.15, -0.1) is 0 Å². The van der Waals surface area contributed by atoms with Gasteiger partial charge in [0.2, 0.25) is 0 Å². The summed E-state index contributed by atoms with van der Waals surface area (Å²) >= 11 is 0. The molecule has 49 heavy (non-hydrogen) atoms. The molecular formula is C34H30O15. The highest BCUT2D eigenvalue weighted by atomic mass is 16.6. The van der Waals surface area contributed by atoms with E-state index in [2.05, 4.69) is 0 Å². The molecule has 3 aromatic rings. The SMILES string of the molecule is O=C(/C=C\c1ccc(O)c(O)c1)OC1[C@H](OC(=O)/C=C/c2ccc(O)c(O)c2)CC(O)(C(=O)O)C[C@H]1OC(=O)/C=C/c1ccc(O)c(O)c1. The zero-order chi connectivity index (χ0) is 35.9. The number of carbonyl (C=O) groups excluding carboxylic acids is 3. The van der Waals surface area contributed by atoms with Crippen molar-refractivity contribution in [3.8, 4) is 34.5 Å². The normalized spacial score (nSPS) is 20.7. The van der Waals surface area contributed by atoms with Gasteiger partial charge < -0.3 is 55.1 Å². The quantitative estimate of drug-likeness (QED) is 0.0664. The number of aromatic hydroxyl groups is 6. The Kier molecular flexibility index (Phi) is 10.8. The number of rotatable bonds is 10. The van der Waals surface area contributed by atoms with Gasteiger partial charge in [0.1, 0.15) is 12.2 Å². The van der Waals surface area contributed by atoms with Crippen molar-refractivity contribution >= 4 is 42.1 Å². The van der Waals surface area contributed by atoms with Gasteiger partial charge in [-0.3, -0.25) is 0 Å². The minimum atomic E-state index is -2.63. The van der Waals surface area contributed by atoms with E-state index < -0.39 is 95.1 Å². The molecule has 256 valence electrons. The van der Waals surface area contributed by atoms with Crippen LogP contribution in [0.1, 0.15) is 29.5 Å². The molecule has 8 N–H and O–H groups in total. The van der Waals surface area contributed by atoms with Crippen molar-refractivity contribution in [1.82, 2.24) is 0 Å². The molecule has 1 saturated carbocycles. The number of hydrogen-bond acceptors (Lipinski definition) is 14. The average molecular weight is 679 g/mol. The van der Waals surface area contributed by atoms with E-state index in [1.54, 1.807) is 0 Å². The summed E-state index contributed by atoms with van der Waals surface area (Å²) in [5.41, 5.74) is -1.85. The lowest BCUT2D eigenvalue weighted by atomic mass is 9.79. The van der Waals surface area contributed by atoms with Crippen molar-refractivity contribution in [2.24, 2.45) is 0 Å². The lowest BCUT2D eigenvalue weighted by Crippen LogP contribution is -2.59. The van der Waals surface area contributed by atoms with Crippen LogP contribution in [0.25, 0.3) is 18.2 Å². The van der Waals surface area contributed by atoms with Crippen LogP contribution in [0.2, 0.25) is 0 Å². The van der Waals surface area contributed by atoms with Crippen molar-refractivity contribution in [3.63, 3.8) is 0 Å². The number of hydrogen-bond donors (Lipinski definition) is 8. The smallest absolute Gasteiger partial charge is 0.335 e. The molecule has 1 fully saturated rings. The molecule has 0 aliphatic heterocycles. The van der Waals surface area contributed by atoms with Gasteiger partial charge in [-0.1, -0.05) is 18.2 Å². The highest BCUT2D eigenvalue weighted by molar-refractivity contribution is 5.89. The summed E-state index contributed by atoms with van der Waals surface area (Å²) in [6.45, 7) is 0. The fraction of sp³-hybridized carbons (Fsp3) is 0.176. The van der Waals surface area contributed by atoms with Crippen LogP contribution in [0.15, 0.2) is 72.8 Å². The monoisotopic (exact) mass is 678 g/mol. The first-order valence-electron chi connectivity index (χ1n) is 14.3. The number of benzene rings is 3. The van der Waals surface area contributed by atoms with Gasteiger partial charge in [0.25, 0.3) is 0 Å². The number of ether oxygens (including phenoxy) is 3. The zero-order valence-corrected chi connectivity index (χ0v) is 25.2. The summed E-state index contributed by atoms with van der Waals surface area (Å²) < 4.78 is 16.3. The van der Waals surface area contributed by atoms with E-state index in [0.717, 1.165) is 48.6 Å². The molecule has 0 saturated heterocycles. The van der Waals surface area contributed by atoms with Crippen LogP contribution in [-0.4, -0.2) is 88.6 Å². The van der Waals surface area contributed by atoms with E-state index in [4.69, 9.17) is 14.2 Å². The molecule has 0 radical (unpaired) electrons. The number of carboxylic acid groups (broad SMARTS) is 1. The first-order chi connectivity index (χ1) is 23.1. The Morgan fingerprint density at radius 1 is 0.551 bits per heavy atom. The topological polar surface area (TPSA) is 258 Å². The van der Waals surface area contributed by atoms with Crippen LogP contribution in [0.5, 0.6) is 34.5 Å². The number of carbonyl (C=O) groups is 4. The second kappa shape index (κ2) is 15.0. The minimum Gasteiger partial charge on any atom is -0.504 e. The number of phenols is 6. The second-order valence-electron chi connectivity index (χ2n) is 10.8. The number of phenolic OH excluding ortho intramolecular Hbond substituents is 6. The predicted molar refractivity (Wildman–Crippen MR) is 168 cm³/mol. The maximum Gasteiger partial charge on any atom is 0.335 e. The van der Waals surface area contributed by atoms with Gasteiger partial charge in [0.15, 0.2) is 46.2 Å². The third-order valence-corrected chi connectivity index (χ3v) is 7.23. The third kappa shape index (κ3) is 9.30. The highest BCUT2D eigenvalue weighted by Crippen LogP contribution is 2.36. The lowest BCUT2D eigenvalue weighted by molar-refractivity contribution is -0.211. The molecule has 0 heterocycles. The Morgan fingerprint density at radius 3 is 1.18 bits per heavy atom. The summed E-state index contributed by atoms with van der Waals surface area (Å²) in [4.78, 5) is 50.8. The van der Waals surface area contributed by atoms with Crippen molar-refractivity contribution in [2.45, 2.75) is 36.8 Å². The van der Waals surface area contributed by atoms with Crippen molar-refractivity contribution in [3.05, 3.63) is 89.5 Å². The molecule has 0 aromatic heterocycles. The molecule has 2 atom stereocenters. The van der Waals surface area contributed by atoms with Gasteiger partial charge in [0, 0.05) is 31.1 Å². The second-order valence-corrected chi connectivity index (χ2v) is 10.8. The van der Waals surface area contributed by atoms with E-state index in [1.165, 1.54) is 42.5 Å². The predicted octanol–water partition coefficient (Wildman–Crippen LogP) is 2.71. The Morgan fingerprint density at radius 2 is 0.878 bits per heavy atom. The molecule has 1 aliphatic carbocycles.